The van der Waals surface area contributed by atoms with Gasteiger partial charge in [0.25, 0.3) is 0 Å². The van der Waals surface area contributed by atoms with Crippen LogP contribution in [0.15, 0.2) is 36.4 Å². The highest BCUT2D eigenvalue weighted by molar-refractivity contribution is 14.1. The van der Waals surface area contributed by atoms with Gasteiger partial charge in [-0.25, -0.2) is 0 Å². The minimum Gasteiger partial charge on any atom is -0.375 e. The summed E-state index contributed by atoms with van der Waals surface area (Å²) in [7, 11) is -5.66. The highest BCUT2D eigenvalue weighted by Crippen LogP contribution is 2.33. The molecule has 0 aliphatic carbocycles. The molecule has 0 bridgehead atoms. The molecule has 0 radical (unpaired) electrons. The normalized spacial score (nSPS) is 12.6. The van der Waals surface area contributed by atoms with Gasteiger partial charge in [0, 0.05) is 8.96 Å². The van der Waals surface area contributed by atoms with Crippen molar-refractivity contribution in [1.82, 2.24) is 0 Å². The molecule has 0 unspecified atom stereocenters. The summed E-state index contributed by atoms with van der Waals surface area (Å²) in [5, 5.41) is 0.931. The third kappa shape index (κ3) is 2.78. The Labute approximate surface area is 120 Å². The number of alkyl halides is 3. The molecule has 0 atom stereocenters. The summed E-state index contributed by atoms with van der Waals surface area (Å²) in [4.78, 5) is 0. The first-order chi connectivity index (χ1) is 8.72. The molecule has 0 aliphatic heterocycles. The van der Waals surface area contributed by atoms with Crippen molar-refractivity contribution < 1.29 is 25.8 Å². The van der Waals surface area contributed by atoms with Gasteiger partial charge in [-0.2, -0.15) is 21.6 Å². The summed E-state index contributed by atoms with van der Waals surface area (Å²) in [5.74, 6) is -0.339. The molecule has 2 aromatic carbocycles. The molecule has 0 saturated heterocycles. The smallest absolute Gasteiger partial charge is 0.375 e. The first kappa shape index (κ1) is 14.4. The van der Waals surface area contributed by atoms with Gasteiger partial charge in [0.05, 0.1) is 0 Å². The van der Waals surface area contributed by atoms with Gasteiger partial charge in [-0.3, -0.25) is 0 Å². The summed E-state index contributed by atoms with van der Waals surface area (Å²) in [6.07, 6.45) is 0. The molecule has 8 heteroatoms. The van der Waals surface area contributed by atoms with Crippen LogP contribution in [0.4, 0.5) is 13.2 Å². The van der Waals surface area contributed by atoms with Crippen LogP contribution in [0, 0.1) is 3.57 Å². The Morgan fingerprint density at radius 2 is 1.58 bits per heavy atom. The van der Waals surface area contributed by atoms with Gasteiger partial charge in [0.15, 0.2) is 5.75 Å². The van der Waals surface area contributed by atoms with Crippen LogP contribution in [0.3, 0.4) is 0 Å². The predicted molar refractivity (Wildman–Crippen MR) is 72.3 cm³/mol. The van der Waals surface area contributed by atoms with Gasteiger partial charge in [0.1, 0.15) is 0 Å². The predicted octanol–water partition coefficient (Wildman–Crippen LogP) is 3.67. The molecular formula is C11H6F3IO3S. The zero-order valence-electron chi connectivity index (χ0n) is 9.11. The van der Waals surface area contributed by atoms with Gasteiger partial charge in [0.2, 0.25) is 0 Å². The van der Waals surface area contributed by atoms with E-state index in [4.69, 9.17) is 0 Å². The van der Waals surface area contributed by atoms with Crippen molar-refractivity contribution in [3.05, 3.63) is 40.0 Å². The van der Waals surface area contributed by atoms with Gasteiger partial charge in [-0.05, 0) is 40.1 Å². The molecule has 0 aromatic heterocycles. The molecule has 0 heterocycles. The van der Waals surface area contributed by atoms with Crippen molar-refractivity contribution in [3.8, 4) is 5.75 Å². The van der Waals surface area contributed by atoms with E-state index in [1.54, 1.807) is 18.2 Å². The minimum atomic E-state index is -5.66. The Hall–Kier alpha value is -1.03. The summed E-state index contributed by atoms with van der Waals surface area (Å²) in [6, 6.07) is 9.15. The van der Waals surface area contributed by atoms with E-state index in [0.29, 0.717) is 10.8 Å². The molecule has 0 fully saturated rings. The van der Waals surface area contributed by atoms with Crippen molar-refractivity contribution in [2.45, 2.75) is 5.51 Å². The van der Waals surface area contributed by atoms with Crippen LogP contribution in [0.2, 0.25) is 0 Å². The van der Waals surface area contributed by atoms with E-state index in [1.807, 2.05) is 22.6 Å². The average molecular weight is 402 g/mol. The summed E-state index contributed by atoms with van der Waals surface area (Å²) in [6.45, 7) is 0. The average Bonchev–Trinajstić information content (AvgIpc) is 2.28. The van der Waals surface area contributed by atoms with Crippen LogP contribution < -0.4 is 4.18 Å². The third-order valence-corrected chi connectivity index (χ3v) is 4.22. The first-order valence-electron chi connectivity index (χ1n) is 4.90. The molecule has 0 N–H and O–H groups in total. The first-order valence-corrected chi connectivity index (χ1v) is 7.39. The maximum atomic E-state index is 12.3. The molecule has 2 aromatic rings. The molecular weight excluding hydrogens is 396 g/mol. The number of fused-ring (bicyclic) bond motifs is 1. The lowest BCUT2D eigenvalue weighted by atomic mass is 10.1. The molecule has 2 rings (SSSR count). The lowest BCUT2D eigenvalue weighted by Crippen LogP contribution is -2.28. The number of benzene rings is 2. The van der Waals surface area contributed by atoms with Crippen LogP contribution in [0.25, 0.3) is 10.8 Å². The number of halogens is 4. The second-order valence-corrected chi connectivity index (χ2v) is 6.27. The van der Waals surface area contributed by atoms with Crippen LogP contribution in [-0.4, -0.2) is 13.9 Å². The monoisotopic (exact) mass is 402 g/mol. The lowest BCUT2D eigenvalue weighted by molar-refractivity contribution is -0.0499. The molecule has 0 saturated carbocycles. The van der Waals surface area contributed by atoms with Crippen molar-refractivity contribution in [3.63, 3.8) is 0 Å². The second kappa shape index (κ2) is 4.82. The quantitative estimate of drug-likeness (QED) is 0.438. The molecule has 0 aliphatic rings. The van der Waals surface area contributed by atoms with Crippen LogP contribution in [-0.2, 0) is 10.1 Å². The van der Waals surface area contributed by atoms with Gasteiger partial charge >= 0.3 is 15.6 Å². The Bertz CT molecular complexity index is 726. The highest BCUT2D eigenvalue weighted by atomic mass is 127. The summed E-state index contributed by atoms with van der Waals surface area (Å²) < 4.78 is 63.8. The van der Waals surface area contributed by atoms with Crippen molar-refractivity contribution in [2.24, 2.45) is 0 Å². The van der Waals surface area contributed by atoms with E-state index < -0.39 is 15.6 Å². The second-order valence-electron chi connectivity index (χ2n) is 3.57. The van der Waals surface area contributed by atoms with E-state index >= 15 is 0 Å². The van der Waals surface area contributed by atoms with E-state index in [9.17, 15) is 21.6 Å². The standard InChI is InChI=1S/C11H6F3IO3S/c12-11(13,14)19(16,17)18-10-6-2-3-7-8(10)4-1-5-9(7)15/h1-6H. The van der Waals surface area contributed by atoms with Crippen molar-refractivity contribution >= 4 is 43.5 Å². The Kier molecular flexibility index (Phi) is 3.65. The third-order valence-electron chi connectivity index (χ3n) is 2.31. The van der Waals surface area contributed by atoms with Gasteiger partial charge in [-0.1, -0.05) is 24.3 Å². The van der Waals surface area contributed by atoms with Gasteiger partial charge < -0.3 is 4.18 Å². The molecule has 102 valence electrons. The summed E-state index contributed by atoms with van der Waals surface area (Å²) >= 11 is 2.00. The van der Waals surface area contributed by atoms with E-state index in [1.165, 1.54) is 18.2 Å². The van der Waals surface area contributed by atoms with E-state index in [-0.39, 0.29) is 5.75 Å². The Morgan fingerprint density at radius 3 is 2.21 bits per heavy atom. The topological polar surface area (TPSA) is 43.4 Å². The highest BCUT2D eigenvalue weighted by Gasteiger charge is 2.48. The lowest BCUT2D eigenvalue weighted by Gasteiger charge is -2.11. The number of rotatable bonds is 2. The maximum Gasteiger partial charge on any atom is 0.534 e. The fourth-order valence-corrected chi connectivity index (χ4v) is 2.64. The van der Waals surface area contributed by atoms with Crippen LogP contribution in [0.5, 0.6) is 5.75 Å². The maximum absolute atomic E-state index is 12.3. The van der Waals surface area contributed by atoms with Crippen molar-refractivity contribution in [2.75, 3.05) is 0 Å². The zero-order valence-corrected chi connectivity index (χ0v) is 12.1. The van der Waals surface area contributed by atoms with Crippen LogP contribution >= 0.6 is 22.6 Å². The largest absolute Gasteiger partial charge is 0.534 e. The summed E-state index contributed by atoms with van der Waals surface area (Å²) in [5.41, 5.74) is -5.45. The molecule has 19 heavy (non-hydrogen) atoms. The SMILES string of the molecule is O=S(=O)(Oc1cccc2c(I)cccc12)C(F)(F)F. The Morgan fingerprint density at radius 1 is 1.00 bits per heavy atom. The van der Waals surface area contributed by atoms with E-state index in [0.717, 1.165) is 3.57 Å². The minimum absolute atomic E-state index is 0.308. The van der Waals surface area contributed by atoms with Crippen LogP contribution in [0.1, 0.15) is 0 Å². The molecule has 3 nitrogen and oxygen atoms in total. The Balaban J connectivity index is 2.57. The molecule has 0 amide bonds. The van der Waals surface area contributed by atoms with Gasteiger partial charge in [-0.15, -0.1) is 0 Å². The van der Waals surface area contributed by atoms with E-state index in [2.05, 4.69) is 4.18 Å². The molecule has 0 spiro atoms. The fourth-order valence-electron chi connectivity index (χ4n) is 1.48. The fraction of sp³-hybridized carbons (Fsp3) is 0.0909. The number of hydrogen-bond donors (Lipinski definition) is 0. The van der Waals surface area contributed by atoms with Crippen molar-refractivity contribution in [1.29, 1.82) is 0 Å². The zero-order chi connectivity index (χ0) is 14.3. The number of hydrogen-bond acceptors (Lipinski definition) is 3.